The van der Waals surface area contributed by atoms with E-state index in [1.54, 1.807) is 35.3 Å². The quantitative estimate of drug-likeness (QED) is 0.311. The van der Waals surface area contributed by atoms with E-state index in [9.17, 15) is 4.79 Å². The molecule has 2 aliphatic heterocycles. The molecular formula is C27H31N9O3S. The second kappa shape index (κ2) is 12.2. The Morgan fingerprint density at radius 1 is 1.02 bits per heavy atom. The number of carbonyl (C=O) groups is 1. The minimum atomic E-state index is -0.372. The minimum absolute atomic E-state index is 0.252. The maximum Gasteiger partial charge on any atom is 0.324 e. The summed E-state index contributed by atoms with van der Waals surface area (Å²) >= 11 is 1.70. The Morgan fingerprint density at radius 3 is 2.60 bits per heavy atom. The smallest absolute Gasteiger partial charge is 0.324 e. The molecule has 2 aliphatic rings. The SMILES string of the molecule is Cn1ccc(NC(=O)Nc2ccc(-c3nc(-c4ccc(CN5CCOCC5)s4)nc(C4CNCCO4)n3)cc2)n1. The molecule has 0 saturated carbocycles. The number of ether oxygens (including phenoxy) is 2. The van der Waals surface area contributed by atoms with Crippen molar-refractivity contribution in [3.8, 4) is 22.1 Å². The lowest BCUT2D eigenvalue weighted by Crippen LogP contribution is -2.35. The number of aryl methyl sites for hydroxylation is 1. The Balaban J connectivity index is 1.22. The zero-order valence-electron chi connectivity index (χ0n) is 22.2. The van der Waals surface area contributed by atoms with Gasteiger partial charge in [-0.2, -0.15) is 5.10 Å². The van der Waals surface area contributed by atoms with Gasteiger partial charge in [0.25, 0.3) is 0 Å². The molecule has 12 nitrogen and oxygen atoms in total. The summed E-state index contributed by atoms with van der Waals surface area (Å²) < 4.78 is 13.1. The molecule has 40 heavy (non-hydrogen) atoms. The second-order valence-corrected chi connectivity index (χ2v) is 10.8. The first-order valence-electron chi connectivity index (χ1n) is 13.2. The predicted octanol–water partition coefficient (Wildman–Crippen LogP) is 3.14. The van der Waals surface area contributed by atoms with Crippen molar-refractivity contribution in [2.75, 3.05) is 56.6 Å². The Kier molecular flexibility index (Phi) is 8.07. The van der Waals surface area contributed by atoms with Crippen LogP contribution in [0.15, 0.2) is 48.7 Å². The van der Waals surface area contributed by atoms with Gasteiger partial charge in [0.1, 0.15) is 6.10 Å². The number of nitrogens with one attached hydrogen (secondary N) is 3. The number of urea groups is 1. The van der Waals surface area contributed by atoms with Crippen LogP contribution in [0.2, 0.25) is 0 Å². The zero-order valence-corrected chi connectivity index (χ0v) is 23.0. The molecule has 5 heterocycles. The molecule has 2 saturated heterocycles. The van der Waals surface area contributed by atoms with Crippen molar-refractivity contribution < 1.29 is 14.3 Å². The van der Waals surface area contributed by atoms with Crippen LogP contribution in [0.4, 0.5) is 16.3 Å². The maximum atomic E-state index is 12.4. The monoisotopic (exact) mass is 561 g/mol. The number of thiophene rings is 1. The van der Waals surface area contributed by atoms with Gasteiger partial charge >= 0.3 is 6.03 Å². The molecule has 3 N–H and O–H groups in total. The van der Waals surface area contributed by atoms with Crippen LogP contribution in [0.25, 0.3) is 22.1 Å². The number of benzene rings is 1. The fraction of sp³-hybridized carbons (Fsp3) is 0.370. The number of carbonyl (C=O) groups excluding carboxylic acids is 1. The van der Waals surface area contributed by atoms with Gasteiger partial charge in [-0.25, -0.2) is 19.7 Å². The van der Waals surface area contributed by atoms with Crippen molar-refractivity contribution in [1.82, 2.24) is 34.9 Å². The number of anilines is 2. The van der Waals surface area contributed by atoms with Crippen LogP contribution >= 0.6 is 11.3 Å². The van der Waals surface area contributed by atoms with E-state index in [1.807, 2.05) is 24.3 Å². The molecular weight excluding hydrogens is 530 g/mol. The maximum absolute atomic E-state index is 12.4. The van der Waals surface area contributed by atoms with E-state index in [1.165, 1.54) is 4.88 Å². The molecule has 4 aromatic rings. The number of aromatic nitrogens is 5. The first-order valence-corrected chi connectivity index (χ1v) is 14.1. The van der Waals surface area contributed by atoms with E-state index in [2.05, 4.69) is 38.1 Å². The summed E-state index contributed by atoms with van der Waals surface area (Å²) in [6.45, 7) is 6.36. The first-order chi connectivity index (χ1) is 19.6. The molecule has 208 valence electrons. The molecule has 6 rings (SSSR count). The van der Waals surface area contributed by atoms with Gasteiger partial charge in [-0.1, -0.05) is 0 Å². The van der Waals surface area contributed by atoms with Gasteiger partial charge in [0, 0.05) is 68.2 Å². The van der Waals surface area contributed by atoms with Crippen molar-refractivity contribution in [3.05, 3.63) is 59.4 Å². The molecule has 2 fully saturated rings. The number of hydrogen-bond donors (Lipinski definition) is 3. The summed E-state index contributed by atoms with van der Waals surface area (Å²) in [4.78, 5) is 31.5. The largest absolute Gasteiger partial charge is 0.379 e. The number of nitrogens with zero attached hydrogens (tertiary/aromatic N) is 6. The Labute approximate surface area is 235 Å². The van der Waals surface area contributed by atoms with Gasteiger partial charge in [-0.15, -0.1) is 11.3 Å². The van der Waals surface area contributed by atoms with E-state index >= 15 is 0 Å². The summed E-state index contributed by atoms with van der Waals surface area (Å²) in [6.07, 6.45) is 1.51. The Morgan fingerprint density at radius 2 is 1.85 bits per heavy atom. The highest BCUT2D eigenvalue weighted by Crippen LogP contribution is 2.30. The summed E-state index contributed by atoms with van der Waals surface area (Å²) in [5, 5.41) is 13.0. The first kappa shape index (κ1) is 26.5. The standard InChI is InChI=1S/C27H31N9O3S/c1-35-10-8-23(34-35)30-27(37)29-19-4-2-18(3-5-19)24-31-25(21-16-28-9-13-39-21)33-26(32-24)22-7-6-20(40-22)17-36-11-14-38-15-12-36/h2-8,10,21,28H,9,11-17H2,1H3,(H2,29,30,34,37). The lowest BCUT2D eigenvalue weighted by atomic mass is 10.2. The molecule has 1 unspecified atom stereocenters. The molecule has 0 aliphatic carbocycles. The molecule has 0 radical (unpaired) electrons. The lowest BCUT2D eigenvalue weighted by molar-refractivity contribution is 0.0221. The third-order valence-electron chi connectivity index (χ3n) is 6.59. The minimum Gasteiger partial charge on any atom is -0.379 e. The van der Waals surface area contributed by atoms with Crippen molar-refractivity contribution in [2.24, 2.45) is 7.05 Å². The Bertz CT molecular complexity index is 1440. The summed E-state index contributed by atoms with van der Waals surface area (Å²) in [6, 6.07) is 13.0. The van der Waals surface area contributed by atoms with Crippen molar-refractivity contribution in [2.45, 2.75) is 12.6 Å². The molecule has 0 bridgehead atoms. The normalized spacial score (nSPS) is 18.0. The van der Waals surface area contributed by atoms with Crippen molar-refractivity contribution >= 4 is 28.9 Å². The Hall–Kier alpha value is -3.75. The van der Waals surface area contributed by atoms with Crippen molar-refractivity contribution in [1.29, 1.82) is 0 Å². The third kappa shape index (κ3) is 6.51. The van der Waals surface area contributed by atoms with E-state index in [0.29, 0.717) is 42.1 Å². The molecule has 0 spiro atoms. The van der Waals surface area contributed by atoms with Gasteiger partial charge in [-0.3, -0.25) is 14.9 Å². The highest BCUT2D eigenvalue weighted by Gasteiger charge is 2.22. The fourth-order valence-corrected chi connectivity index (χ4v) is 5.52. The van der Waals surface area contributed by atoms with Gasteiger partial charge in [0.05, 0.1) is 24.7 Å². The lowest BCUT2D eigenvalue weighted by Gasteiger charge is -2.25. The number of amides is 2. The van der Waals surface area contributed by atoms with Gasteiger partial charge in [0.2, 0.25) is 0 Å². The van der Waals surface area contributed by atoms with E-state index in [4.69, 9.17) is 24.4 Å². The van der Waals surface area contributed by atoms with Crippen LogP contribution in [-0.2, 0) is 23.1 Å². The highest BCUT2D eigenvalue weighted by molar-refractivity contribution is 7.15. The highest BCUT2D eigenvalue weighted by atomic mass is 32.1. The van der Waals surface area contributed by atoms with Crippen LogP contribution in [0.3, 0.4) is 0 Å². The number of morpholine rings is 2. The zero-order chi connectivity index (χ0) is 27.3. The molecule has 1 aromatic carbocycles. The van der Waals surface area contributed by atoms with Gasteiger partial charge < -0.3 is 20.1 Å². The fourth-order valence-electron chi connectivity index (χ4n) is 4.53. The topological polar surface area (TPSA) is 131 Å². The van der Waals surface area contributed by atoms with Crippen LogP contribution in [-0.4, -0.2) is 81.7 Å². The predicted molar refractivity (Wildman–Crippen MR) is 152 cm³/mol. The average Bonchev–Trinajstić information content (AvgIpc) is 3.62. The summed E-state index contributed by atoms with van der Waals surface area (Å²) in [5.74, 6) is 2.27. The van der Waals surface area contributed by atoms with Crippen LogP contribution in [0.5, 0.6) is 0 Å². The number of rotatable bonds is 7. The van der Waals surface area contributed by atoms with Gasteiger partial charge in [-0.05, 0) is 36.4 Å². The van der Waals surface area contributed by atoms with Crippen molar-refractivity contribution in [3.63, 3.8) is 0 Å². The van der Waals surface area contributed by atoms with E-state index in [-0.39, 0.29) is 12.1 Å². The van der Waals surface area contributed by atoms with Crippen LogP contribution in [0, 0.1) is 0 Å². The van der Waals surface area contributed by atoms with E-state index < -0.39 is 0 Å². The molecule has 2 amide bonds. The summed E-state index contributed by atoms with van der Waals surface area (Å²) in [7, 11) is 1.79. The van der Waals surface area contributed by atoms with Crippen LogP contribution < -0.4 is 16.0 Å². The molecule has 1 atom stereocenters. The second-order valence-electron chi connectivity index (χ2n) is 9.59. The number of hydrogen-bond acceptors (Lipinski definition) is 10. The third-order valence-corrected chi connectivity index (χ3v) is 7.66. The molecule has 13 heteroatoms. The van der Waals surface area contributed by atoms with E-state index in [0.717, 1.165) is 49.8 Å². The summed E-state index contributed by atoms with van der Waals surface area (Å²) in [5.41, 5.74) is 1.45. The van der Waals surface area contributed by atoms with Crippen LogP contribution in [0.1, 0.15) is 16.8 Å². The van der Waals surface area contributed by atoms with Gasteiger partial charge in [0.15, 0.2) is 23.3 Å². The molecule has 3 aromatic heterocycles. The average molecular weight is 562 g/mol.